The standard InChI is InChI=1S/C34H34F3N3O3S/c1-23-21-38-22-34(40-23,44(42,43)28-6-3-2-4-7-28)19-18-29-31(37)8-5-9-32(29)39-33(41)20-30(24-10-14-26(35)15-11-24)25-12-16-27(36)17-13-25/h2-17,23,30,38,40H,18-22H2,1H3,(H,39,41)/t23-,34+/m0/s1. The van der Waals surface area contributed by atoms with Crippen molar-refractivity contribution >= 4 is 21.4 Å². The van der Waals surface area contributed by atoms with Crippen molar-refractivity contribution in [2.45, 2.75) is 47.9 Å². The van der Waals surface area contributed by atoms with Gasteiger partial charge in [0.2, 0.25) is 5.91 Å². The van der Waals surface area contributed by atoms with Crippen LogP contribution in [0.4, 0.5) is 18.9 Å². The summed E-state index contributed by atoms with van der Waals surface area (Å²) in [6.45, 7) is 2.59. The quantitative estimate of drug-likeness (QED) is 0.204. The zero-order chi connectivity index (χ0) is 31.3. The molecule has 1 fully saturated rings. The van der Waals surface area contributed by atoms with Gasteiger partial charge in [-0.1, -0.05) is 48.5 Å². The van der Waals surface area contributed by atoms with Crippen LogP contribution in [0.2, 0.25) is 0 Å². The molecule has 0 saturated carbocycles. The normalized spacial score (nSPS) is 18.7. The van der Waals surface area contributed by atoms with E-state index < -0.39 is 44.0 Å². The van der Waals surface area contributed by atoms with E-state index >= 15 is 4.39 Å². The Hall–Kier alpha value is -3.99. The van der Waals surface area contributed by atoms with Crippen LogP contribution in [0.5, 0.6) is 0 Å². The fourth-order valence-corrected chi connectivity index (χ4v) is 7.78. The lowest BCUT2D eigenvalue weighted by molar-refractivity contribution is -0.116. The number of anilines is 1. The van der Waals surface area contributed by atoms with Gasteiger partial charge in [-0.05, 0) is 79.4 Å². The first-order valence-corrected chi connectivity index (χ1v) is 15.9. The van der Waals surface area contributed by atoms with E-state index in [2.05, 4.69) is 16.0 Å². The molecule has 0 aliphatic carbocycles. The number of hydrogen-bond donors (Lipinski definition) is 3. The zero-order valence-electron chi connectivity index (χ0n) is 24.2. The van der Waals surface area contributed by atoms with E-state index in [0.717, 1.165) is 0 Å². The van der Waals surface area contributed by atoms with E-state index in [9.17, 15) is 22.0 Å². The van der Waals surface area contributed by atoms with Crippen molar-refractivity contribution in [2.24, 2.45) is 0 Å². The van der Waals surface area contributed by atoms with E-state index in [1.54, 1.807) is 60.7 Å². The number of nitrogens with one attached hydrogen (secondary N) is 3. The molecule has 0 bridgehead atoms. The van der Waals surface area contributed by atoms with Crippen molar-refractivity contribution in [3.63, 3.8) is 0 Å². The zero-order valence-corrected chi connectivity index (χ0v) is 25.0. The van der Waals surface area contributed by atoms with E-state index in [1.165, 1.54) is 36.4 Å². The maximum atomic E-state index is 15.3. The van der Waals surface area contributed by atoms with E-state index in [0.29, 0.717) is 17.7 Å². The van der Waals surface area contributed by atoms with Crippen molar-refractivity contribution in [1.29, 1.82) is 0 Å². The Balaban J connectivity index is 1.40. The first kappa shape index (κ1) is 31.4. The van der Waals surface area contributed by atoms with Crippen molar-refractivity contribution in [2.75, 3.05) is 18.4 Å². The average Bonchev–Trinajstić information content (AvgIpc) is 3.01. The molecule has 1 heterocycles. The van der Waals surface area contributed by atoms with Crippen LogP contribution >= 0.6 is 0 Å². The Morgan fingerprint density at radius 3 is 2.09 bits per heavy atom. The molecule has 1 saturated heterocycles. The number of sulfone groups is 1. The molecule has 0 aromatic heterocycles. The molecule has 0 spiro atoms. The highest BCUT2D eigenvalue weighted by Gasteiger charge is 2.47. The lowest BCUT2D eigenvalue weighted by atomic mass is 9.88. The molecule has 230 valence electrons. The molecule has 5 rings (SSSR count). The van der Waals surface area contributed by atoms with Crippen LogP contribution in [0.25, 0.3) is 0 Å². The summed E-state index contributed by atoms with van der Waals surface area (Å²) >= 11 is 0. The van der Waals surface area contributed by atoms with Crippen molar-refractivity contribution in [1.82, 2.24) is 10.6 Å². The van der Waals surface area contributed by atoms with Gasteiger partial charge in [-0.3, -0.25) is 10.1 Å². The highest BCUT2D eigenvalue weighted by atomic mass is 32.2. The van der Waals surface area contributed by atoms with Gasteiger partial charge in [-0.15, -0.1) is 0 Å². The molecule has 0 radical (unpaired) electrons. The first-order chi connectivity index (χ1) is 21.1. The minimum absolute atomic E-state index is 0.0229. The smallest absolute Gasteiger partial charge is 0.225 e. The summed E-state index contributed by atoms with van der Waals surface area (Å²) in [6.07, 6.45) is -0.0171. The van der Waals surface area contributed by atoms with Crippen LogP contribution in [-0.4, -0.2) is 38.3 Å². The van der Waals surface area contributed by atoms with Crippen molar-refractivity contribution in [3.05, 3.63) is 131 Å². The Labute approximate surface area is 255 Å². The molecule has 1 aliphatic rings. The van der Waals surface area contributed by atoms with Gasteiger partial charge < -0.3 is 10.6 Å². The van der Waals surface area contributed by atoms with Gasteiger partial charge in [0, 0.05) is 42.7 Å². The van der Waals surface area contributed by atoms with Gasteiger partial charge in [-0.2, -0.15) is 0 Å². The molecular formula is C34H34F3N3O3S. The first-order valence-electron chi connectivity index (χ1n) is 14.4. The predicted molar refractivity (Wildman–Crippen MR) is 164 cm³/mol. The number of benzene rings is 4. The van der Waals surface area contributed by atoms with Gasteiger partial charge in [0.15, 0.2) is 9.84 Å². The largest absolute Gasteiger partial charge is 0.326 e. The van der Waals surface area contributed by atoms with E-state index in [4.69, 9.17) is 0 Å². The molecule has 6 nitrogen and oxygen atoms in total. The van der Waals surface area contributed by atoms with Gasteiger partial charge in [-0.25, -0.2) is 21.6 Å². The summed E-state index contributed by atoms with van der Waals surface area (Å²) in [7, 11) is -3.90. The molecule has 4 aromatic carbocycles. The highest BCUT2D eigenvalue weighted by Crippen LogP contribution is 2.33. The lowest BCUT2D eigenvalue weighted by Gasteiger charge is -2.41. The molecule has 2 atom stereocenters. The minimum atomic E-state index is -3.90. The molecule has 44 heavy (non-hydrogen) atoms. The molecular weight excluding hydrogens is 587 g/mol. The summed E-state index contributed by atoms with van der Waals surface area (Å²) in [5.41, 5.74) is 1.73. The number of amides is 1. The number of rotatable bonds is 10. The van der Waals surface area contributed by atoms with Crippen molar-refractivity contribution < 1.29 is 26.4 Å². The summed E-state index contributed by atoms with van der Waals surface area (Å²) < 4.78 is 70.5. The van der Waals surface area contributed by atoms with Crippen LogP contribution in [0, 0.1) is 17.5 Å². The number of carbonyl (C=O) groups excluding carboxylic acids is 1. The third kappa shape index (κ3) is 6.88. The molecule has 10 heteroatoms. The number of halogens is 3. The minimum Gasteiger partial charge on any atom is -0.326 e. The second-order valence-electron chi connectivity index (χ2n) is 11.2. The number of carbonyl (C=O) groups is 1. The third-order valence-corrected chi connectivity index (χ3v) is 10.4. The van der Waals surface area contributed by atoms with E-state index in [1.807, 2.05) is 6.92 Å². The topological polar surface area (TPSA) is 87.3 Å². The third-order valence-electron chi connectivity index (χ3n) is 8.04. The SMILES string of the molecule is C[C@H]1CNC[C@@](CCc2c(F)cccc2NC(=O)CC(c2ccc(F)cc2)c2ccc(F)cc2)(S(=O)(=O)c2ccccc2)N1. The van der Waals surface area contributed by atoms with Crippen LogP contribution in [0.3, 0.4) is 0 Å². The summed E-state index contributed by atoms with van der Waals surface area (Å²) in [5.74, 6) is -2.38. The second-order valence-corrected chi connectivity index (χ2v) is 13.4. The van der Waals surface area contributed by atoms with Crippen LogP contribution in [0.15, 0.2) is 102 Å². The Morgan fingerprint density at radius 1 is 0.886 bits per heavy atom. The van der Waals surface area contributed by atoms with Gasteiger partial charge in [0.25, 0.3) is 0 Å². The number of hydrogen-bond acceptors (Lipinski definition) is 5. The molecule has 0 unspecified atom stereocenters. The molecule has 3 N–H and O–H groups in total. The fraction of sp³-hybridized carbons (Fsp3) is 0.265. The monoisotopic (exact) mass is 621 g/mol. The average molecular weight is 622 g/mol. The molecule has 4 aromatic rings. The Kier molecular flexibility index (Phi) is 9.53. The predicted octanol–water partition coefficient (Wildman–Crippen LogP) is 5.95. The lowest BCUT2D eigenvalue weighted by Crippen LogP contribution is -2.66. The maximum absolute atomic E-state index is 15.3. The second kappa shape index (κ2) is 13.3. The van der Waals surface area contributed by atoms with E-state index in [-0.39, 0.29) is 48.0 Å². The Morgan fingerprint density at radius 2 is 1.50 bits per heavy atom. The van der Waals surface area contributed by atoms with Crippen LogP contribution < -0.4 is 16.0 Å². The fourth-order valence-electron chi connectivity index (χ4n) is 5.80. The summed E-state index contributed by atoms with van der Waals surface area (Å²) in [4.78, 5) is 12.2. The van der Waals surface area contributed by atoms with Gasteiger partial charge >= 0.3 is 0 Å². The number of piperazine rings is 1. The van der Waals surface area contributed by atoms with Crippen molar-refractivity contribution in [3.8, 4) is 0 Å². The van der Waals surface area contributed by atoms with Crippen LogP contribution in [-0.2, 0) is 21.1 Å². The highest BCUT2D eigenvalue weighted by molar-refractivity contribution is 7.92. The maximum Gasteiger partial charge on any atom is 0.225 e. The van der Waals surface area contributed by atoms with Gasteiger partial charge in [0.1, 0.15) is 22.3 Å². The summed E-state index contributed by atoms with van der Waals surface area (Å²) in [5, 5.41) is 9.29. The molecule has 1 amide bonds. The van der Waals surface area contributed by atoms with Crippen LogP contribution in [0.1, 0.15) is 42.4 Å². The Bertz CT molecular complexity index is 1660. The molecule has 1 aliphatic heterocycles. The van der Waals surface area contributed by atoms with Gasteiger partial charge in [0.05, 0.1) is 4.90 Å². The summed E-state index contributed by atoms with van der Waals surface area (Å²) in [6, 6.07) is 23.8.